The Bertz CT molecular complexity index is 1170. The minimum absolute atomic E-state index is 0.00825. The van der Waals surface area contributed by atoms with E-state index >= 15 is 0 Å². The number of hydrogen-bond donors (Lipinski definition) is 0. The average molecular weight is 404 g/mol. The van der Waals surface area contributed by atoms with Gasteiger partial charge in [-0.1, -0.05) is 42.5 Å². The lowest BCUT2D eigenvalue weighted by Gasteiger charge is -2.16. The monoisotopic (exact) mass is 404 g/mol. The maximum atomic E-state index is 12.6. The highest BCUT2D eigenvalue weighted by Gasteiger charge is 2.23. The van der Waals surface area contributed by atoms with E-state index in [9.17, 15) is 4.79 Å². The van der Waals surface area contributed by atoms with E-state index < -0.39 is 5.97 Å². The second-order valence-corrected chi connectivity index (χ2v) is 7.62. The van der Waals surface area contributed by atoms with Crippen molar-refractivity contribution in [2.24, 2.45) is 0 Å². The second kappa shape index (κ2) is 7.48. The molecule has 0 aliphatic carbocycles. The summed E-state index contributed by atoms with van der Waals surface area (Å²) in [5, 5.41) is 11.7. The topological polar surface area (TPSA) is 79.1 Å². The first-order valence-corrected chi connectivity index (χ1v) is 9.90. The number of benzene rings is 2. The standard InChI is InChI=1S/C21H16N4O3S/c26-21(18-10-15-12-27-17-9-5-4-8-16(17)20(15)29-18)28-13-19-22-23-24-25(19)11-14-6-2-1-3-7-14/h1-10H,11-13H2. The second-order valence-electron chi connectivity index (χ2n) is 6.56. The summed E-state index contributed by atoms with van der Waals surface area (Å²) < 4.78 is 12.9. The summed E-state index contributed by atoms with van der Waals surface area (Å²) in [6.45, 7) is 0.974. The molecule has 7 nitrogen and oxygen atoms in total. The molecule has 0 N–H and O–H groups in total. The molecule has 0 fully saturated rings. The fraction of sp³-hybridized carbons (Fsp3) is 0.143. The molecule has 0 radical (unpaired) electrons. The first kappa shape index (κ1) is 17.6. The summed E-state index contributed by atoms with van der Waals surface area (Å²) in [6.07, 6.45) is 0. The van der Waals surface area contributed by atoms with Crippen LogP contribution < -0.4 is 4.74 Å². The SMILES string of the molecule is O=C(OCc1nnnn1Cc1ccccc1)c1cc2c(s1)-c1ccccc1OC2. The van der Waals surface area contributed by atoms with Gasteiger partial charge in [-0.3, -0.25) is 0 Å². The van der Waals surface area contributed by atoms with Crippen LogP contribution in [0.4, 0.5) is 0 Å². The van der Waals surface area contributed by atoms with Crippen molar-refractivity contribution >= 4 is 17.3 Å². The molecule has 0 atom stereocenters. The van der Waals surface area contributed by atoms with Gasteiger partial charge in [0.15, 0.2) is 12.4 Å². The molecule has 5 rings (SSSR count). The lowest BCUT2D eigenvalue weighted by molar-refractivity contribution is 0.0463. The molecule has 8 heteroatoms. The Kier molecular flexibility index (Phi) is 4.53. The third kappa shape index (κ3) is 3.50. The fourth-order valence-corrected chi connectivity index (χ4v) is 4.30. The number of para-hydroxylation sites is 1. The Balaban J connectivity index is 1.30. The number of esters is 1. The summed E-state index contributed by atoms with van der Waals surface area (Å²) in [7, 11) is 0. The van der Waals surface area contributed by atoms with E-state index in [4.69, 9.17) is 9.47 Å². The van der Waals surface area contributed by atoms with E-state index in [1.165, 1.54) is 11.3 Å². The molecule has 3 heterocycles. The van der Waals surface area contributed by atoms with Crippen LogP contribution in [0.25, 0.3) is 10.4 Å². The number of nitrogens with zero attached hydrogens (tertiary/aromatic N) is 4. The van der Waals surface area contributed by atoms with Gasteiger partial charge < -0.3 is 9.47 Å². The minimum atomic E-state index is -0.392. The predicted molar refractivity (Wildman–Crippen MR) is 107 cm³/mol. The van der Waals surface area contributed by atoms with Gasteiger partial charge in [0.2, 0.25) is 0 Å². The van der Waals surface area contributed by atoms with Crippen LogP contribution >= 0.6 is 11.3 Å². The first-order chi connectivity index (χ1) is 14.3. The molecular weight excluding hydrogens is 388 g/mol. The molecule has 1 aliphatic rings. The van der Waals surface area contributed by atoms with Gasteiger partial charge in [0.1, 0.15) is 17.2 Å². The smallest absolute Gasteiger partial charge is 0.348 e. The summed E-state index contributed by atoms with van der Waals surface area (Å²) in [5.74, 6) is 0.940. The number of fused-ring (bicyclic) bond motifs is 3. The summed E-state index contributed by atoms with van der Waals surface area (Å²) in [4.78, 5) is 14.2. The highest BCUT2D eigenvalue weighted by atomic mass is 32.1. The largest absolute Gasteiger partial charge is 0.488 e. The van der Waals surface area contributed by atoms with E-state index in [0.717, 1.165) is 27.3 Å². The van der Waals surface area contributed by atoms with Crippen LogP contribution in [-0.4, -0.2) is 26.2 Å². The van der Waals surface area contributed by atoms with Gasteiger partial charge in [-0.15, -0.1) is 16.4 Å². The minimum Gasteiger partial charge on any atom is -0.488 e. The molecule has 2 aromatic heterocycles. The van der Waals surface area contributed by atoms with Crippen molar-refractivity contribution in [3.05, 3.63) is 82.5 Å². The molecule has 0 spiro atoms. The molecule has 1 aliphatic heterocycles. The Hall–Kier alpha value is -3.52. The number of ether oxygens (including phenoxy) is 2. The van der Waals surface area contributed by atoms with Gasteiger partial charge in [0, 0.05) is 16.0 Å². The van der Waals surface area contributed by atoms with Crippen LogP contribution in [0.1, 0.15) is 26.6 Å². The van der Waals surface area contributed by atoms with Crippen molar-refractivity contribution < 1.29 is 14.3 Å². The van der Waals surface area contributed by atoms with Gasteiger partial charge in [-0.2, -0.15) is 0 Å². The number of thiophene rings is 1. The zero-order chi connectivity index (χ0) is 19.6. The third-order valence-electron chi connectivity index (χ3n) is 4.64. The molecule has 0 bridgehead atoms. The molecule has 0 unspecified atom stereocenters. The predicted octanol–water partition coefficient (Wildman–Crippen LogP) is 3.70. The molecule has 29 heavy (non-hydrogen) atoms. The Labute approximate surface area is 170 Å². The van der Waals surface area contributed by atoms with Crippen molar-refractivity contribution in [1.29, 1.82) is 0 Å². The number of hydrogen-bond acceptors (Lipinski definition) is 7. The van der Waals surface area contributed by atoms with Crippen LogP contribution in [0.2, 0.25) is 0 Å². The fourth-order valence-electron chi connectivity index (χ4n) is 3.21. The maximum absolute atomic E-state index is 12.6. The molecule has 2 aromatic carbocycles. The molecule has 0 amide bonds. The van der Waals surface area contributed by atoms with Gasteiger partial charge in [-0.05, 0) is 34.2 Å². The van der Waals surface area contributed by atoms with Crippen molar-refractivity contribution in [2.75, 3.05) is 0 Å². The van der Waals surface area contributed by atoms with Crippen LogP contribution in [0, 0.1) is 0 Å². The van der Waals surface area contributed by atoms with E-state index in [-0.39, 0.29) is 6.61 Å². The first-order valence-electron chi connectivity index (χ1n) is 9.09. The van der Waals surface area contributed by atoms with Gasteiger partial charge in [-0.25, -0.2) is 9.48 Å². The van der Waals surface area contributed by atoms with E-state index in [1.54, 1.807) is 4.68 Å². The van der Waals surface area contributed by atoms with Gasteiger partial charge in [0.05, 0.1) is 6.54 Å². The van der Waals surface area contributed by atoms with Gasteiger partial charge in [0.25, 0.3) is 0 Å². The Morgan fingerprint density at radius 1 is 1.14 bits per heavy atom. The van der Waals surface area contributed by atoms with E-state index in [0.29, 0.717) is 23.9 Å². The van der Waals surface area contributed by atoms with Crippen LogP contribution in [0.5, 0.6) is 5.75 Å². The number of aromatic nitrogens is 4. The molecular formula is C21H16N4O3S. The molecule has 0 saturated heterocycles. The number of carbonyl (C=O) groups is 1. The van der Waals surface area contributed by atoms with Gasteiger partial charge >= 0.3 is 5.97 Å². The highest BCUT2D eigenvalue weighted by molar-refractivity contribution is 7.17. The lowest BCUT2D eigenvalue weighted by Crippen LogP contribution is -2.11. The van der Waals surface area contributed by atoms with Crippen LogP contribution in [0.15, 0.2) is 60.7 Å². The molecule has 4 aromatic rings. The lowest BCUT2D eigenvalue weighted by atomic mass is 10.1. The summed E-state index contributed by atoms with van der Waals surface area (Å²) >= 11 is 1.42. The maximum Gasteiger partial charge on any atom is 0.348 e. The van der Waals surface area contributed by atoms with Crippen molar-refractivity contribution in [1.82, 2.24) is 20.2 Å². The Morgan fingerprint density at radius 3 is 2.86 bits per heavy atom. The van der Waals surface area contributed by atoms with E-state index in [2.05, 4.69) is 15.5 Å². The summed E-state index contributed by atoms with van der Waals surface area (Å²) in [6, 6.07) is 19.5. The zero-order valence-electron chi connectivity index (χ0n) is 15.3. The van der Waals surface area contributed by atoms with E-state index in [1.807, 2.05) is 60.7 Å². The number of carbonyl (C=O) groups excluding carboxylic acids is 1. The van der Waals surface area contributed by atoms with Crippen molar-refractivity contribution in [3.63, 3.8) is 0 Å². The quantitative estimate of drug-likeness (QED) is 0.472. The van der Waals surface area contributed by atoms with Crippen molar-refractivity contribution in [2.45, 2.75) is 19.8 Å². The Morgan fingerprint density at radius 2 is 1.97 bits per heavy atom. The molecule has 0 saturated carbocycles. The van der Waals surface area contributed by atoms with Crippen LogP contribution in [0.3, 0.4) is 0 Å². The average Bonchev–Trinajstić information content (AvgIpc) is 3.40. The summed E-state index contributed by atoms with van der Waals surface area (Å²) in [5.41, 5.74) is 3.07. The number of rotatable bonds is 5. The zero-order valence-corrected chi connectivity index (χ0v) is 16.1. The highest BCUT2D eigenvalue weighted by Crippen LogP contribution is 2.42. The number of tetrazole rings is 1. The third-order valence-corrected chi connectivity index (χ3v) is 5.83. The normalized spacial score (nSPS) is 12.0. The van der Waals surface area contributed by atoms with Crippen LogP contribution in [-0.2, 0) is 24.5 Å². The molecule has 144 valence electrons. The van der Waals surface area contributed by atoms with Crippen molar-refractivity contribution in [3.8, 4) is 16.2 Å².